The molecule has 0 saturated carbocycles. The van der Waals surface area contributed by atoms with Gasteiger partial charge in [-0.25, -0.2) is 0 Å². The molecule has 8 nitrogen and oxygen atoms in total. The molecule has 0 radical (unpaired) electrons. The van der Waals surface area contributed by atoms with Gasteiger partial charge in [-0.3, -0.25) is 14.5 Å². The van der Waals surface area contributed by atoms with Crippen LogP contribution < -0.4 is 0 Å². The van der Waals surface area contributed by atoms with Crippen LogP contribution in [-0.2, 0) is 17.8 Å². The lowest BCUT2D eigenvalue weighted by atomic mass is 10.1. The van der Waals surface area contributed by atoms with Crippen LogP contribution in [0.1, 0.15) is 22.9 Å². The molecule has 0 aliphatic carbocycles. The summed E-state index contributed by atoms with van der Waals surface area (Å²) in [5.74, 6) is 1.42. The first-order valence-electron chi connectivity index (χ1n) is 11.3. The van der Waals surface area contributed by atoms with Crippen LogP contribution in [0, 0.1) is 0 Å². The van der Waals surface area contributed by atoms with Gasteiger partial charge >= 0.3 is 0 Å². The number of thioether (sulfide) groups is 1. The van der Waals surface area contributed by atoms with Crippen LogP contribution in [0.25, 0.3) is 22.5 Å². The Labute approximate surface area is 210 Å². The van der Waals surface area contributed by atoms with Gasteiger partial charge in [0.25, 0.3) is 11.1 Å². The Balaban J connectivity index is 1.18. The lowest BCUT2D eigenvalue weighted by Crippen LogP contribution is -2.27. The fourth-order valence-corrected chi connectivity index (χ4v) is 4.91. The maximum absolute atomic E-state index is 13.0. The van der Waals surface area contributed by atoms with Crippen molar-refractivity contribution in [3.8, 4) is 5.69 Å². The van der Waals surface area contributed by atoms with Crippen LogP contribution in [0.3, 0.4) is 0 Å². The minimum atomic E-state index is -0.330. The van der Waals surface area contributed by atoms with Crippen molar-refractivity contribution in [3.05, 3.63) is 113 Å². The second kappa shape index (κ2) is 9.27. The molecule has 0 unspecified atom stereocenters. The molecule has 176 valence electrons. The summed E-state index contributed by atoms with van der Waals surface area (Å²) in [6.45, 7) is 0.221. The number of tetrazole rings is 1. The Kier molecular flexibility index (Phi) is 5.67. The van der Waals surface area contributed by atoms with Crippen LogP contribution in [0.2, 0.25) is 0 Å². The van der Waals surface area contributed by atoms with Crippen LogP contribution in [0.4, 0.5) is 4.79 Å². The Hall–Kier alpha value is -4.50. The van der Waals surface area contributed by atoms with E-state index in [1.54, 1.807) is 16.8 Å². The van der Waals surface area contributed by atoms with E-state index in [1.807, 2.05) is 78.9 Å². The molecule has 0 N–H and O–H groups in total. The highest BCUT2D eigenvalue weighted by molar-refractivity contribution is 8.18. The molecule has 0 atom stereocenters. The number of furan rings is 1. The molecular weight excluding hydrogens is 474 g/mol. The number of nitrogens with zero attached hydrogens (tertiary/aromatic N) is 5. The molecule has 5 aromatic rings. The third-order valence-electron chi connectivity index (χ3n) is 5.85. The van der Waals surface area contributed by atoms with Crippen molar-refractivity contribution in [1.82, 2.24) is 25.1 Å². The van der Waals surface area contributed by atoms with Crippen LogP contribution in [0.5, 0.6) is 0 Å². The number of para-hydroxylation sites is 1. The quantitative estimate of drug-likeness (QED) is 0.299. The van der Waals surface area contributed by atoms with Crippen molar-refractivity contribution in [2.75, 3.05) is 0 Å². The van der Waals surface area contributed by atoms with Gasteiger partial charge in [-0.15, -0.1) is 5.10 Å². The second-order valence-electron chi connectivity index (χ2n) is 8.27. The molecule has 0 spiro atoms. The molecular formula is C27H19N5O3S. The molecule has 1 fully saturated rings. The fourth-order valence-electron chi connectivity index (χ4n) is 4.09. The monoisotopic (exact) mass is 493 g/mol. The first kappa shape index (κ1) is 22.0. The van der Waals surface area contributed by atoms with Gasteiger partial charge < -0.3 is 4.42 Å². The number of rotatable bonds is 6. The van der Waals surface area contributed by atoms with E-state index < -0.39 is 0 Å². The van der Waals surface area contributed by atoms with E-state index >= 15 is 0 Å². The van der Waals surface area contributed by atoms with Crippen molar-refractivity contribution in [2.45, 2.75) is 13.0 Å². The number of aromatic nitrogens is 4. The zero-order valence-electron chi connectivity index (χ0n) is 18.9. The number of imide groups is 1. The highest BCUT2D eigenvalue weighted by Gasteiger charge is 2.35. The largest absolute Gasteiger partial charge is 0.461 e. The molecule has 2 amide bonds. The van der Waals surface area contributed by atoms with Crippen LogP contribution >= 0.6 is 11.8 Å². The van der Waals surface area contributed by atoms with E-state index in [2.05, 4.69) is 15.5 Å². The molecule has 1 aliphatic rings. The predicted molar refractivity (Wildman–Crippen MR) is 136 cm³/mol. The number of amides is 2. The Morgan fingerprint density at radius 3 is 2.56 bits per heavy atom. The standard InChI is InChI=1S/C27H19N5O3S/c33-26-24(36-27(34)31(26)17-18-10-11-19-6-4-5-7-20(19)14-18)15-22-12-13-23(35-22)16-25-28-29-30-32(25)21-8-2-1-3-9-21/h1-15H,16-17H2/b24-15-. The molecule has 1 saturated heterocycles. The molecule has 1 aliphatic heterocycles. The highest BCUT2D eigenvalue weighted by atomic mass is 32.2. The number of carbonyl (C=O) groups excluding carboxylic acids is 2. The molecule has 9 heteroatoms. The fraction of sp³-hybridized carbons (Fsp3) is 0.0741. The Morgan fingerprint density at radius 1 is 0.889 bits per heavy atom. The van der Waals surface area contributed by atoms with Gasteiger partial charge in [-0.1, -0.05) is 54.6 Å². The molecule has 6 rings (SSSR count). The number of hydrogen-bond donors (Lipinski definition) is 0. The minimum Gasteiger partial charge on any atom is -0.461 e. The van der Waals surface area contributed by atoms with Crippen molar-refractivity contribution >= 4 is 39.8 Å². The molecule has 3 heterocycles. The van der Waals surface area contributed by atoms with Crippen LogP contribution in [-0.4, -0.2) is 36.3 Å². The molecule has 2 aromatic heterocycles. The maximum atomic E-state index is 13.0. The van der Waals surface area contributed by atoms with Gasteiger partial charge in [-0.05, 0) is 68.9 Å². The van der Waals surface area contributed by atoms with Gasteiger partial charge in [-0.2, -0.15) is 4.68 Å². The van der Waals surface area contributed by atoms with Crippen molar-refractivity contribution < 1.29 is 14.0 Å². The van der Waals surface area contributed by atoms with Gasteiger partial charge in [0.05, 0.1) is 23.6 Å². The second-order valence-corrected chi connectivity index (χ2v) is 9.27. The summed E-state index contributed by atoms with van der Waals surface area (Å²) in [4.78, 5) is 27.2. The first-order chi connectivity index (χ1) is 17.6. The van der Waals surface area contributed by atoms with Crippen molar-refractivity contribution in [2.24, 2.45) is 0 Å². The lowest BCUT2D eigenvalue weighted by Gasteiger charge is -2.13. The highest BCUT2D eigenvalue weighted by Crippen LogP contribution is 2.34. The number of hydrogen-bond acceptors (Lipinski definition) is 7. The predicted octanol–water partition coefficient (Wildman–Crippen LogP) is 5.24. The topological polar surface area (TPSA) is 94.1 Å². The van der Waals surface area contributed by atoms with Gasteiger partial charge in [0.2, 0.25) is 0 Å². The summed E-state index contributed by atoms with van der Waals surface area (Å²) in [6.07, 6.45) is 1.98. The van der Waals surface area contributed by atoms with Gasteiger partial charge in [0.1, 0.15) is 11.5 Å². The van der Waals surface area contributed by atoms with E-state index in [0.29, 0.717) is 28.7 Å². The molecule has 3 aromatic carbocycles. The first-order valence-corrected chi connectivity index (χ1v) is 12.1. The summed E-state index contributed by atoms with van der Waals surface area (Å²) in [7, 11) is 0. The summed E-state index contributed by atoms with van der Waals surface area (Å²) in [5, 5.41) is 13.8. The minimum absolute atomic E-state index is 0.221. The molecule has 0 bridgehead atoms. The summed E-state index contributed by atoms with van der Waals surface area (Å²) in [5.41, 5.74) is 1.75. The summed E-state index contributed by atoms with van der Waals surface area (Å²) < 4.78 is 7.57. The summed E-state index contributed by atoms with van der Waals surface area (Å²) in [6, 6.07) is 27.1. The SMILES string of the molecule is O=C1S/C(=C\c2ccc(Cc3nnnn3-c3ccccc3)o2)C(=O)N1Cc1ccc2ccccc2c1. The average molecular weight is 494 g/mol. The summed E-state index contributed by atoms with van der Waals surface area (Å²) >= 11 is 0.916. The maximum Gasteiger partial charge on any atom is 0.293 e. The van der Waals surface area contributed by atoms with E-state index in [-0.39, 0.29) is 17.7 Å². The smallest absolute Gasteiger partial charge is 0.293 e. The Morgan fingerprint density at radius 2 is 1.69 bits per heavy atom. The zero-order chi connectivity index (χ0) is 24.5. The van der Waals surface area contributed by atoms with E-state index in [0.717, 1.165) is 33.8 Å². The number of fused-ring (bicyclic) bond motifs is 1. The van der Waals surface area contributed by atoms with E-state index in [4.69, 9.17) is 4.42 Å². The number of benzene rings is 3. The van der Waals surface area contributed by atoms with Crippen LogP contribution in [0.15, 0.2) is 94.3 Å². The third-order valence-corrected chi connectivity index (χ3v) is 6.76. The third kappa shape index (κ3) is 4.32. The zero-order valence-corrected chi connectivity index (χ0v) is 19.8. The molecule has 36 heavy (non-hydrogen) atoms. The van der Waals surface area contributed by atoms with Gasteiger partial charge in [0.15, 0.2) is 5.82 Å². The van der Waals surface area contributed by atoms with Crippen molar-refractivity contribution in [1.29, 1.82) is 0 Å². The lowest BCUT2D eigenvalue weighted by molar-refractivity contribution is -0.123. The van der Waals surface area contributed by atoms with Crippen molar-refractivity contribution in [3.63, 3.8) is 0 Å². The van der Waals surface area contributed by atoms with E-state index in [9.17, 15) is 9.59 Å². The Bertz CT molecular complexity index is 1620. The van der Waals surface area contributed by atoms with E-state index in [1.165, 1.54) is 4.90 Å². The average Bonchev–Trinajstić information content (AvgIpc) is 3.62. The normalized spacial score (nSPS) is 14.9. The van der Waals surface area contributed by atoms with Gasteiger partial charge in [0, 0.05) is 6.08 Å². The number of carbonyl (C=O) groups is 2.